The number of nitrogens with one attached hydrogen (secondary N) is 1. The van der Waals surface area contributed by atoms with Gasteiger partial charge in [-0.1, -0.05) is 6.07 Å². The first-order chi connectivity index (χ1) is 13.8. The van der Waals surface area contributed by atoms with Crippen LogP contribution in [0.5, 0.6) is 0 Å². The van der Waals surface area contributed by atoms with Crippen LogP contribution < -0.4 is 9.62 Å². The zero-order valence-corrected chi connectivity index (χ0v) is 17.5. The quantitative estimate of drug-likeness (QED) is 0.781. The molecule has 29 heavy (non-hydrogen) atoms. The number of piperazine rings is 1. The van der Waals surface area contributed by atoms with E-state index in [1.165, 1.54) is 12.1 Å². The van der Waals surface area contributed by atoms with Crippen molar-refractivity contribution in [3.8, 4) is 0 Å². The van der Waals surface area contributed by atoms with Crippen LogP contribution >= 0.6 is 0 Å². The highest BCUT2D eigenvalue weighted by atomic mass is 32.2. The van der Waals surface area contributed by atoms with E-state index in [0.717, 1.165) is 16.8 Å². The fourth-order valence-corrected chi connectivity index (χ4v) is 4.40. The molecule has 1 N–H and O–H groups in total. The van der Waals surface area contributed by atoms with Crippen LogP contribution in [0, 0.1) is 19.7 Å². The van der Waals surface area contributed by atoms with E-state index < -0.39 is 10.0 Å². The fourth-order valence-electron chi connectivity index (χ4n) is 3.28. The monoisotopic (exact) mass is 419 g/mol. The lowest BCUT2D eigenvalue weighted by atomic mass is 10.1. The van der Waals surface area contributed by atoms with Gasteiger partial charge in [-0.3, -0.25) is 4.79 Å². The SMILES string of the molecule is Cc1ccc(S(=O)(=O)NCCC(=O)N2CCN(c3ccc(F)cc3)CC2)cc1C. The first-order valence-corrected chi connectivity index (χ1v) is 11.1. The summed E-state index contributed by atoms with van der Waals surface area (Å²) in [4.78, 5) is 16.5. The molecular formula is C21H26FN3O3S. The molecule has 1 aliphatic rings. The Morgan fingerprint density at radius 1 is 1.00 bits per heavy atom. The average molecular weight is 420 g/mol. The van der Waals surface area contributed by atoms with Gasteiger partial charge in [-0.2, -0.15) is 0 Å². The molecule has 156 valence electrons. The van der Waals surface area contributed by atoms with Crippen LogP contribution in [0.1, 0.15) is 17.5 Å². The summed E-state index contributed by atoms with van der Waals surface area (Å²) in [6.45, 7) is 6.28. The Morgan fingerprint density at radius 2 is 1.66 bits per heavy atom. The van der Waals surface area contributed by atoms with E-state index in [4.69, 9.17) is 0 Å². The number of aryl methyl sites for hydroxylation is 2. The van der Waals surface area contributed by atoms with Gasteiger partial charge in [0.1, 0.15) is 5.82 Å². The molecule has 2 aromatic rings. The Kier molecular flexibility index (Phi) is 6.54. The topological polar surface area (TPSA) is 69.7 Å². The van der Waals surface area contributed by atoms with Gasteiger partial charge in [0.05, 0.1) is 4.90 Å². The van der Waals surface area contributed by atoms with Crippen molar-refractivity contribution in [3.05, 3.63) is 59.4 Å². The highest BCUT2D eigenvalue weighted by molar-refractivity contribution is 7.89. The summed E-state index contributed by atoms with van der Waals surface area (Å²) < 4.78 is 40.4. The van der Waals surface area contributed by atoms with Crippen LogP contribution in [-0.4, -0.2) is 51.9 Å². The number of sulfonamides is 1. The zero-order valence-electron chi connectivity index (χ0n) is 16.7. The van der Waals surface area contributed by atoms with Crippen LogP contribution in [0.3, 0.4) is 0 Å². The van der Waals surface area contributed by atoms with Crippen molar-refractivity contribution >= 4 is 21.6 Å². The molecule has 1 amide bonds. The Hall–Kier alpha value is -2.45. The lowest BCUT2D eigenvalue weighted by Crippen LogP contribution is -2.49. The van der Waals surface area contributed by atoms with Crippen LogP contribution in [0.25, 0.3) is 0 Å². The molecule has 0 spiro atoms. The minimum atomic E-state index is -3.63. The van der Waals surface area contributed by atoms with Gasteiger partial charge in [0, 0.05) is 44.8 Å². The number of benzene rings is 2. The molecule has 1 aliphatic heterocycles. The molecule has 8 heteroatoms. The van der Waals surface area contributed by atoms with Gasteiger partial charge < -0.3 is 9.80 Å². The molecule has 6 nitrogen and oxygen atoms in total. The number of carbonyl (C=O) groups is 1. The highest BCUT2D eigenvalue weighted by Crippen LogP contribution is 2.17. The van der Waals surface area contributed by atoms with E-state index in [0.29, 0.717) is 26.2 Å². The van der Waals surface area contributed by atoms with E-state index in [1.807, 2.05) is 13.8 Å². The number of rotatable bonds is 6. The van der Waals surface area contributed by atoms with Gasteiger partial charge in [0.25, 0.3) is 0 Å². The van der Waals surface area contributed by atoms with Gasteiger partial charge in [0.2, 0.25) is 15.9 Å². The third-order valence-corrected chi connectivity index (χ3v) is 6.70. The first-order valence-electron chi connectivity index (χ1n) is 9.61. The molecule has 0 saturated carbocycles. The van der Waals surface area contributed by atoms with E-state index in [2.05, 4.69) is 9.62 Å². The van der Waals surface area contributed by atoms with Crippen molar-refractivity contribution in [1.82, 2.24) is 9.62 Å². The van der Waals surface area contributed by atoms with E-state index in [-0.39, 0.29) is 29.6 Å². The van der Waals surface area contributed by atoms with Gasteiger partial charge >= 0.3 is 0 Å². The average Bonchev–Trinajstić information content (AvgIpc) is 2.70. The molecule has 0 atom stereocenters. The fraction of sp³-hybridized carbons (Fsp3) is 0.381. The van der Waals surface area contributed by atoms with Crippen molar-refractivity contribution in [2.24, 2.45) is 0 Å². The van der Waals surface area contributed by atoms with Crippen molar-refractivity contribution in [2.75, 3.05) is 37.6 Å². The van der Waals surface area contributed by atoms with E-state index in [9.17, 15) is 17.6 Å². The minimum Gasteiger partial charge on any atom is -0.368 e. The first kappa shape index (κ1) is 21.3. The Morgan fingerprint density at radius 3 is 2.28 bits per heavy atom. The smallest absolute Gasteiger partial charge is 0.240 e. The number of halogens is 1. The van der Waals surface area contributed by atoms with Gasteiger partial charge in [-0.15, -0.1) is 0 Å². The summed E-state index contributed by atoms with van der Waals surface area (Å²) >= 11 is 0. The Bertz CT molecular complexity index is 969. The third-order valence-electron chi connectivity index (χ3n) is 5.24. The van der Waals surface area contributed by atoms with Crippen molar-refractivity contribution in [1.29, 1.82) is 0 Å². The van der Waals surface area contributed by atoms with Gasteiger partial charge in [0.15, 0.2) is 0 Å². The van der Waals surface area contributed by atoms with Crippen LogP contribution in [0.4, 0.5) is 10.1 Å². The van der Waals surface area contributed by atoms with Crippen LogP contribution in [-0.2, 0) is 14.8 Å². The molecule has 3 rings (SSSR count). The molecule has 1 saturated heterocycles. The summed E-state index contributed by atoms with van der Waals surface area (Å²) in [7, 11) is -3.63. The van der Waals surface area contributed by atoms with Crippen LogP contribution in [0.15, 0.2) is 47.4 Å². The second kappa shape index (κ2) is 8.92. The number of amides is 1. The number of carbonyl (C=O) groups excluding carboxylic acids is 1. The Labute approximate surface area is 171 Å². The summed E-state index contributed by atoms with van der Waals surface area (Å²) in [5.41, 5.74) is 2.86. The number of hydrogen-bond acceptors (Lipinski definition) is 4. The molecule has 0 aromatic heterocycles. The van der Waals surface area contributed by atoms with E-state index >= 15 is 0 Å². The van der Waals surface area contributed by atoms with Crippen molar-refractivity contribution in [3.63, 3.8) is 0 Å². The molecule has 0 bridgehead atoms. The summed E-state index contributed by atoms with van der Waals surface area (Å²) in [6, 6.07) is 11.3. The summed E-state index contributed by atoms with van der Waals surface area (Å²) in [6.07, 6.45) is 0.112. The molecule has 0 unspecified atom stereocenters. The molecule has 0 radical (unpaired) electrons. The largest absolute Gasteiger partial charge is 0.368 e. The number of anilines is 1. The van der Waals surface area contributed by atoms with Crippen molar-refractivity contribution in [2.45, 2.75) is 25.2 Å². The maximum Gasteiger partial charge on any atom is 0.240 e. The lowest BCUT2D eigenvalue weighted by Gasteiger charge is -2.36. The summed E-state index contributed by atoms with van der Waals surface area (Å²) in [5, 5.41) is 0. The standard InChI is InChI=1S/C21H26FN3O3S/c1-16-3-8-20(15-17(16)2)29(27,28)23-10-9-21(26)25-13-11-24(12-14-25)19-6-4-18(22)5-7-19/h3-8,15,23H,9-14H2,1-2H3. The lowest BCUT2D eigenvalue weighted by molar-refractivity contribution is -0.131. The maximum absolute atomic E-state index is 13.0. The second-order valence-electron chi connectivity index (χ2n) is 7.24. The van der Waals surface area contributed by atoms with Crippen LogP contribution in [0.2, 0.25) is 0 Å². The normalized spacial score (nSPS) is 14.9. The molecule has 2 aromatic carbocycles. The maximum atomic E-state index is 13.0. The molecule has 0 aliphatic carbocycles. The van der Waals surface area contributed by atoms with Gasteiger partial charge in [-0.05, 0) is 61.4 Å². The van der Waals surface area contributed by atoms with Gasteiger partial charge in [-0.25, -0.2) is 17.5 Å². The predicted octanol–water partition coefficient (Wildman–Crippen LogP) is 2.46. The summed E-state index contributed by atoms with van der Waals surface area (Å²) in [5.74, 6) is -0.350. The highest BCUT2D eigenvalue weighted by Gasteiger charge is 2.22. The molecule has 1 heterocycles. The molecule has 1 fully saturated rings. The number of nitrogens with zero attached hydrogens (tertiary/aromatic N) is 2. The second-order valence-corrected chi connectivity index (χ2v) is 9.01. The van der Waals surface area contributed by atoms with E-state index in [1.54, 1.807) is 35.2 Å². The number of hydrogen-bond donors (Lipinski definition) is 1. The third kappa shape index (κ3) is 5.33. The predicted molar refractivity (Wildman–Crippen MR) is 111 cm³/mol. The zero-order chi connectivity index (χ0) is 21.0. The molecular weight excluding hydrogens is 393 g/mol. The Balaban J connectivity index is 1.47. The van der Waals surface area contributed by atoms with Crippen molar-refractivity contribution < 1.29 is 17.6 Å². The minimum absolute atomic E-state index is 0.0618.